The molecule has 6 heteroatoms. The summed E-state index contributed by atoms with van der Waals surface area (Å²) in [5.74, 6) is 0.573. The predicted molar refractivity (Wildman–Crippen MR) is 155 cm³/mol. The molecule has 0 atom stereocenters. The van der Waals surface area contributed by atoms with Gasteiger partial charge in [0.25, 0.3) is 0 Å². The van der Waals surface area contributed by atoms with Gasteiger partial charge in [-0.15, -0.1) is 0 Å². The number of phenolic OH excluding ortho intramolecular Hbond substituents is 2. The maximum atomic E-state index is 11.2. The Kier molecular flexibility index (Phi) is 6.44. The molecule has 0 aromatic heterocycles. The van der Waals surface area contributed by atoms with Gasteiger partial charge in [0.1, 0.15) is 11.5 Å². The number of aryl methyl sites for hydroxylation is 2. The van der Waals surface area contributed by atoms with Gasteiger partial charge in [-0.25, -0.2) is 0 Å². The van der Waals surface area contributed by atoms with Gasteiger partial charge in [0.2, 0.25) is 0 Å². The lowest BCUT2D eigenvalue weighted by Crippen LogP contribution is -2.45. The van der Waals surface area contributed by atoms with Gasteiger partial charge >= 0.3 is 0 Å². The summed E-state index contributed by atoms with van der Waals surface area (Å²) in [6, 6.07) is 20.1. The Labute approximate surface area is 223 Å². The van der Waals surface area contributed by atoms with E-state index < -0.39 is 0 Å². The van der Waals surface area contributed by atoms with Gasteiger partial charge < -0.3 is 10.2 Å². The maximum absolute atomic E-state index is 11.2. The number of aromatic hydroxyl groups is 2. The second-order valence-electron chi connectivity index (χ2n) is 10.4. The number of hydrogen-bond acceptors (Lipinski definition) is 6. The van der Waals surface area contributed by atoms with E-state index in [0.29, 0.717) is 24.2 Å². The summed E-state index contributed by atoms with van der Waals surface area (Å²) in [5.41, 5.74) is 7.01. The Morgan fingerprint density at radius 3 is 1.53 bits per heavy atom. The van der Waals surface area contributed by atoms with Crippen LogP contribution in [0, 0.1) is 13.8 Å². The van der Waals surface area contributed by atoms with Crippen molar-refractivity contribution in [3.8, 4) is 11.5 Å². The second-order valence-corrected chi connectivity index (χ2v) is 10.4. The van der Waals surface area contributed by atoms with Gasteiger partial charge in [0, 0.05) is 79.3 Å². The molecule has 6 nitrogen and oxygen atoms in total. The van der Waals surface area contributed by atoms with Crippen LogP contribution in [0.1, 0.15) is 33.4 Å². The van der Waals surface area contributed by atoms with Crippen LogP contribution in [-0.4, -0.2) is 58.6 Å². The molecule has 0 saturated carbocycles. The van der Waals surface area contributed by atoms with E-state index in [1.165, 1.54) is 0 Å². The fraction of sp³-hybridized carbons (Fsp3) is 0.250. The molecule has 3 aliphatic heterocycles. The first-order chi connectivity index (χ1) is 18.4. The number of rotatable bonds is 0. The average molecular weight is 505 g/mol. The minimum absolute atomic E-state index is 0.287. The number of phenols is 2. The number of fused-ring (bicyclic) bond motifs is 2. The highest BCUT2D eigenvalue weighted by Gasteiger charge is 2.21. The first kappa shape index (κ1) is 24.3. The third-order valence-corrected chi connectivity index (χ3v) is 7.52. The molecule has 0 radical (unpaired) electrons. The lowest BCUT2D eigenvalue weighted by molar-refractivity contribution is 0.120. The van der Waals surface area contributed by atoms with Gasteiger partial charge in [0.15, 0.2) is 0 Å². The average Bonchev–Trinajstić information content (AvgIpc) is 2.91. The molecule has 3 aliphatic rings. The van der Waals surface area contributed by atoms with E-state index in [9.17, 15) is 10.2 Å². The highest BCUT2D eigenvalue weighted by molar-refractivity contribution is 6.04. The van der Waals surface area contributed by atoms with Crippen LogP contribution in [0.3, 0.4) is 0 Å². The van der Waals surface area contributed by atoms with Crippen molar-refractivity contribution in [1.29, 1.82) is 0 Å². The zero-order chi connectivity index (χ0) is 26.2. The van der Waals surface area contributed by atoms with Crippen LogP contribution in [0.25, 0.3) is 10.8 Å². The zero-order valence-electron chi connectivity index (χ0n) is 21.9. The maximum Gasteiger partial charge on any atom is 0.128 e. The second kappa shape index (κ2) is 10.0. The first-order valence-corrected chi connectivity index (χ1v) is 13.1. The molecule has 1 fully saturated rings. The molecule has 6 bridgehead atoms. The van der Waals surface area contributed by atoms with E-state index in [1.807, 2.05) is 48.5 Å². The minimum Gasteiger partial charge on any atom is -0.507 e. The summed E-state index contributed by atoms with van der Waals surface area (Å²) in [4.78, 5) is 14.4. The minimum atomic E-state index is 0.287. The Hall–Kier alpha value is -4.00. The van der Waals surface area contributed by atoms with Crippen molar-refractivity contribution in [3.63, 3.8) is 0 Å². The van der Waals surface area contributed by atoms with E-state index in [1.54, 1.807) is 12.4 Å². The number of benzene rings is 4. The van der Waals surface area contributed by atoms with Crippen molar-refractivity contribution < 1.29 is 10.2 Å². The summed E-state index contributed by atoms with van der Waals surface area (Å²) < 4.78 is 0. The van der Waals surface area contributed by atoms with E-state index in [4.69, 9.17) is 9.98 Å². The number of piperazine rings is 1. The quantitative estimate of drug-likeness (QED) is 0.308. The number of nitrogens with zero attached hydrogens (tertiary/aromatic N) is 4. The standard InChI is InChI=1S/C32H32N4O2/c1-21-13-24-17-33-28-7-3-5-23-6-4-8-29(30(23)28)34-18-25-14-22(2)16-27(32(25)38)20-36-11-9-35(10-12-36)19-26(15-21)31(24)37/h3-8,13-18,37-38H,9-12,19-20H2,1-2H3. The Bertz CT molecular complexity index is 1470. The fourth-order valence-corrected chi connectivity index (χ4v) is 5.59. The van der Waals surface area contributed by atoms with Crippen molar-refractivity contribution >= 4 is 34.6 Å². The van der Waals surface area contributed by atoms with Crippen LogP contribution in [0.15, 0.2) is 70.6 Å². The SMILES string of the molecule is Cc1cc2c(O)c(c1)CN1CCN(CC1)Cc1cc(C)cc(c1O)C=Nc1cccc3cccc(c13)N=C2. The molecule has 1 saturated heterocycles. The third kappa shape index (κ3) is 4.80. The summed E-state index contributed by atoms with van der Waals surface area (Å²) in [5, 5.41) is 24.3. The van der Waals surface area contributed by atoms with Crippen LogP contribution in [0.4, 0.5) is 11.4 Å². The van der Waals surface area contributed by atoms with Crippen molar-refractivity contribution in [2.75, 3.05) is 26.2 Å². The van der Waals surface area contributed by atoms with Crippen LogP contribution >= 0.6 is 0 Å². The molecule has 0 aliphatic carbocycles. The topological polar surface area (TPSA) is 71.7 Å². The van der Waals surface area contributed by atoms with Crippen molar-refractivity contribution in [2.45, 2.75) is 26.9 Å². The van der Waals surface area contributed by atoms with Crippen LogP contribution < -0.4 is 0 Å². The van der Waals surface area contributed by atoms with Gasteiger partial charge in [-0.2, -0.15) is 0 Å². The van der Waals surface area contributed by atoms with Crippen molar-refractivity contribution in [1.82, 2.24) is 9.80 Å². The van der Waals surface area contributed by atoms with Crippen LogP contribution in [0.2, 0.25) is 0 Å². The molecule has 0 amide bonds. The van der Waals surface area contributed by atoms with E-state index >= 15 is 0 Å². The smallest absolute Gasteiger partial charge is 0.128 e. The zero-order valence-corrected chi connectivity index (χ0v) is 21.9. The molecule has 0 spiro atoms. The Morgan fingerprint density at radius 2 is 1.08 bits per heavy atom. The molecule has 4 aromatic carbocycles. The molecule has 7 rings (SSSR count). The highest BCUT2D eigenvalue weighted by atomic mass is 16.3. The molecular formula is C32H32N4O2. The van der Waals surface area contributed by atoms with Gasteiger partial charge in [-0.3, -0.25) is 19.8 Å². The summed E-state index contributed by atoms with van der Waals surface area (Å²) in [6.45, 7) is 9.08. The van der Waals surface area contributed by atoms with Crippen LogP contribution in [0.5, 0.6) is 11.5 Å². The molecule has 2 N–H and O–H groups in total. The normalized spacial score (nSPS) is 19.2. The van der Waals surface area contributed by atoms with Crippen LogP contribution in [-0.2, 0) is 13.1 Å². The Balaban J connectivity index is 1.52. The van der Waals surface area contributed by atoms with Gasteiger partial charge in [-0.1, -0.05) is 36.4 Å². The summed E-state index contributed by atoms with van der Waals surface area (Å²) in [6.07, 6.45) is 3.51. The van der Waals surface area contributed by atoms with Gasteiger partial charge in [0.05, 0.1) is 11.4 Å². The third-order valence-electron chi connectivity index (χ3n) is 7.52. The van der Waals surface area contributed by atoms with E-state index in [2.05, 4.69) is 35.8 Å². The molecule has 38 heavy (non-hydrogen) atoms. The molecule has 0 unspecified atom stereocenters. The van der Waals surface area contributed by atoms with Crippen molar-refractivity contribution in [2.24, 2.45) is 9.98 Å². The largest absolute Gasteiger partial charge is 0.507 e. The molecule has 4 aromatic rings. The fourth-order valence-electron chi connectivity index (χ4n) is 5.59. The number of hydrogen-bond donors (Lipinski definition) is 2. The van der Waals surface area contributed by atoms with Crippen molar-refractivity contribution in [3.05, 3.63) is 94.0 Å². The van der Waals surface area contributed by atoms with E-state index in [0.717, 1.165) is 70.6 Å². The number of aliphatic imine (C=N–C) groups is 2. The molecular weight excluding hydrogens is 472 g/mol. The Morgan fingerprint density at radius 1 is 0.632 bits per heavy atom. The summed E-state index contributed by atoms with van der Waals surface area (Å²) >= 11 is 0. The van der Waals surface area contributed by atoms with E-state index in [-0.39, 0.29) is 11.5 Å². The highest BCUT2D eigenvalue weighted by Crippen LogP contribution is 2.35. The summed E-state index contributed by atoms with van der Waals surface area (Å²) in [7, 11) is 0. The molecule has 3 heterocycles. The monoisotopic (exact) mass is 504 g/mol. The predicted octanol–water partition coefficient (Wildman–Crippen LogP) is 6.00. The van der Waals surface area contributed by atoms with Gasteiger partial charge in [-0.05, 0) is 54.6 Å². The lowest BCUT2D eigenvalue weighted by atomic mass is 10.0. The first-order valence-electron chi connectivity index (χ1n) is 13.1. The lowest BCUT2D eigenvalue weighted by Gasteiger charge is -2.35. The molecule has 192 valence electrons.